The first-order valence-corrected chi connectivity index (χ1v) is 6.72. The molecule has 1 aromatic carbocycles. The van der Waals surface area contributed by atoms with Gasteiger partial charge in [0.1, 0.15) is 0 Å². The number of benzene rings is 1. The minimum absolute atomic E-state index is 0.425. The molecule has 0 fully saturated rings. The molecule has 102 valence electrons. The molecule has 6 heteroatoms. The summed E-state index contributed by atoms with van der Waals surface area (Å²) in [7, 11) is 0. The summed E-state index contributed by atoms with van der Waals surface area (Å²) < 4.78 is 1.96. The predicted molar refractivity (Wildman–Crippen MR) is 76.5 cm³/mol. The fourth-order valence-electron chi connectivity index (χ4n) is 1.75. The van der Waals surface area contributed by atoms with E-state index in [1.165, 1.54) is 0 Å². The first kappa shape index (κ1) is 14.3. The van der Waals surface area contributed by atoms with E-state index in [0.29, 0.717) is 22.2 Å². The number of nitrogens with one attached hydrogen (secondary N) is 1. The van der Waals surface area contributed by atoms with E-state index in [0.717, 1.165) is 13.1 Å². The smallest absolute Gasteiger partial charge is 0.0946 e. The minimum atomic E-state index is -0.672. The molecule has 2 N–H and O–H groups in total. The van der Waals surface area contributed by atoms with Crippen molar-refractivity contribution in [3.63, 3.8) is 0 Å². The Morgan fingerprint density at radius 2 is 2.21 bits per heavy atom. The van der Waals surface area contributed by atoms with Crippen LogP contribution in [0.15, 0.2) is 36.9 Å². The molecule has 0 bridgehead atoms. The van der Waals surface area contributed by atoms with Crippen molar-refractivity contribution in [1.82, 2.24) is 14.9 Å². The summed E-state index contributed by atoms with van der Waals surface area (Å²) in [5.74, 6) is 0. The number of rotatable bonds is 6. The molecule has 1 unspecified atom stereocenters. The van der Waals surface area contributed by atoms with Crippen LogP contribution in [0.1, 0.15) is 11.7 Å². The zero-order valence-electron chi connectivity index (χ0n) is 10.3. The first-order valence-electron chi connectivity index (χ1n) is 5.96. The zero-order chi connectivity index (χ0) is 13.7. The number of aromatic nitrogens is 2. The van der Waals surface area contributed by atoms with Gasteiger partial charge >= 0.3 is 0 Å². The number of aliphatic hydroxyl groups excluding tert-OH is 1. The number of halogens is 2. The lowest BCUT2D eigenvalue weighted by Crippen LogP contribution is -2.25. The number of imidazole rings is 1. The average Bonchev–Trinajstić information content (AvgIpc) is 2.90. The minimum Gasteiger partial charge on any atom is -0.387 e. The molecule has 4 nitrogen and oxygen atoms in total. The molecule has 2 aromatic rings. The summed E-state index contributed by atoms with van der Waals surface area (Å²) in [4.78, 5) is 3.96. The summed E-state index contributed by atoms with van der Waals surface area (Å²) in [5, 5.41) is 14.3. The quantitative estimate of drug-likeness (QED) is 0.806. The van der Waals surface area contributed by atoms with E-state index >= 15 is 0 Å². The van der Waals surface area contributed by atoms with Crippen LogP contribution in [0.5, 0.6) is 0 Å². The summed E-state index contributed by atoms with van der Waals surface area (Å²) in [6.45, 7) is 1.97. The van der Waals surface area contributed by atoms with Crippen LogP contribution in [0, 0.1) is 0 Å². The Labute approximate surface area is 122 Å². The van der Waals surface area contributed by atoms with Crippen molar-refractivity contribution in [3.05, 3.63) is 52.5 Å². The molecule has 1 aromatic heterocycles. The van der Waals surface area contributed by atoms with Gasteiger partial charge in [0, 0.05) is 47.6 Å². The van der Waals surface area contributed by atoms with Crippen molar-refractivity contribution in [1.29, 1.82) is 0 Å². The van der Waals surface area contributed by atoms with Gasteiger partial charge < -0.3 is 15.0 Å². The van der Waals surface area contributed by atoms with E-state index in [-0.39, 0.29) is 0 Å². The molecule has 2 rings (SSSR count). The van der Waals surface area contributed by atoms with Gasteiger partial charge in [-0.25, -0.2) is 4.98 Å². The molecular weight excluding hydrogens is 285 g/mol. The molecule has 0 aliphatic heterocycles. The van der Waals surface area contributed by atoms with E-state index in [4.69, 9.17) is 23.2 Å². The number of aliphatic hydroxyl groups is 1. The van der Waals surface area contributed by atoms with Gasteiger partial charge in [-0.15, -0.1) is 0 Å². The third-order valence-corrected chi connectivity index (χ3v) is 3.34. The van der Waals surface area contributed by atoms with Crippen LogP contribution in [-0.2, 0) is 6.54 Å². The van der Waals surface area contributed by atoms with Gasteiger partial charge in [0.2, 0.25) is 0 Å². The highest BCUT2D eigenvalue weighted by molar-refractivity contribution is 6.33. The molecular formula is C13H15Cl2N3O. The fourth-order valence-corrected chi connectivity index (χ4v) is 2.17. The van der Waals surface area contributed by atoms with Gasteiger partial charge in [0.05, 0.1) is 12.4 Å². The Morgan fingerprint density at radius 1 is 1.37 bits per heavy atom. The summed E-state index contributed by atoms with van der Waals surface area (Å²) in [6.07, 6.45) is 4.72. The maximum absolute atomic E-state index is 10.1. The van der Waals surface area contributed by atoms with E-state index in [9.17, 15) is 5.11 Å². The third-order valence-electron chi connectivity index (χ3n) is 2.76. The van der Waals surface area contributed by atoms with Crippen molar-refractivity contribution < 1.29 is 5.11 Å². The fraction of sp³-hybridized carbons (Fsp3) is 0.308. The highest BCUT2D eigenvalue weighted by Crippen LogP contribution is 2.25. The van der Waals surface area contributed by atoms with Crippen LogP contribution >= 0.6 is 23.2 Å². The monoisotopic (exact) mass is 299 g/mol. The first-order chi connectivity index (χ1) is 9.16. The van der Waals surface area contributed by atoms with Gasteiger partial charge in [-0.3, -0.25) is 0 Å². The van der Waals surface area contributed by atoms with Gasteiger partial charge in [-0.05, 0) is 18.2 Å². The lowest BCUT2D eigenvalue weighted by molar-refractivity contribution is 0.174. The average molecular weight is 300 g/mol. The Balaban J connectivity index is 1.80. The van der Waals surface area contributed by atoms with Crippen molar-refractivity contribution in [3.8, 4) is 0 Å². The molecule has 0 aliphatic carbocycles. The largest absolute Gasteiger partial charge is 0.387 e. The van der Waals surface area contributed by atoms with Crippen molar-refractivity contribution in [2.75, 3.05) is 13.1 Å². The number of hydrogen-bond acceptors (Lipinski definition) is 3. The third kappa shape index (κ3) is 4.21. The van der Waals surface area contributed by atoms with Crippen molar-refractivity contribution >= 4 is 23.2 Å². The van der Waals surface area contributed by atoms with Crippen LogP contribution in [0.4, 0.5) is 0 Å². The summed E-state index contributed by atoms with van der Waals surface area (Å²) in [6, 6.07) is 5.08. The van der Waals surface area contributed by atoms with Gasteiger partial charge in [0.15, 0.2) is 0 Å². The second-order valence-corrected chi connectivity index (χ2v) is 5.03. The Morgan fingerprint density at radius 3 is 2.95 bits per heavy atom. The molecule has 0 radical (unpaired) electrons. The zero-order valence-corrected chi connectivity index (χ0v) is 11.8. The van der Waals surface area contributed by atoms with Crippen molar-refractivity contribution in [2.24, 2.45) is 0 Å². The van der Waals surface area contributed by atoms with Crippen LogP contribution in [0.2, 0.25) is 10.0 Å². The van der Waals surface area contributed by atoms with Crippen molar-refractivity contribution in [2.45, 2.75) is 12.6 Å². The van der Waals surface area contributed by atoms with E-state index in [1.54, 1.807) is 30.7 Å². The highest BCUT2D eigenvalue weighted by Gasteiger charge is 2.11. The second-order valence-electron chi connectivity index (χ2n) is 4.19. The number of hydrogen-bond donors (Lipinski definition) is 2. The van der Waals surface area contributed by atoms with Crippen LogP contribution in [0.25, 0.3) is 0 Å². The standard InChI is InChI=1S/C13H15Cl2N3O/c14-10-1-2-12(15)11(7-10)13(19)8-16-3-5-18-6-4-17-9-18/h1-2,4,6-7,9,13,16,19H,3,5,8H2. The molecule has 1 heterocycles. The molecule has 0 saturated carbocycles. The predicted octanol–water partition coefficient (Wildman–Crippen LogP) is 2.51. The number of nitrogens with zero attached hydrogens (tertiary/aromatic N) is 2. The van der Waals surface area contributed by atoms with Crippen LogP contribution in [-0.4, -0.2) is 27.7 Å². The molecule has 1 atom stereocenters. The maximum Gasteiger partial charge on any atom is 0.0946 e. The van der Waals surface area contributed by atoms with Gasteiger partial charge in [0.25, 0.3) is 0 Å². The molecule has 0 aliphatic rings. The molecule has 19 heavy (non-hydrogen) atoms. The molecule has 0 saturated heterocycles. The maximum atomic E-state index is 10.1. The molecule has 0 spiro atoms. The summed E-state index contributed by atoms with van der Waals surface area (Å²) >= 11 is 11.9. The van der Waals surface area contributed by atoms with E-state index in [1.807, 2.05) is 10.8 Å². The highest BCUT2D eigenvalue weighted by atomic mass is 35.5. The SMILES string of the molecule is OC(CNCCn1ccnc1)c1cc(Cl)ccc1Cl. The topological polar surface area (TPSA) is 50.1 Å². The van der Waals surface area contributed by atoms with Gasteiger partial charge in [-0.2, -0.15) is 0 Å². The second kappa shape index (κ2) is 6.91. The Bertz CT molecular complexity index is 517. The normalized spacial score (nSPS) is 12.6. The van der Waals surface area contributed by atoms with Crippen LogP contribution in [0.3, 0.4) is 0 Å². The Hall–Kier alpha value is -1.07. The van der Waals surface area contributed by atoms with E-state index < -0.39 is 6.10 Å². The Kier molecular flexibility index (Phi) is 5.22. The lowest BCUT2D eigenvalue weighted by atomic mass is 10.1. The van der Waals surface area contributed by atoms with Gasteiger partial charge in [-0.1, -0.05) is 23.2 Å². The lowest BCUT2D eigenvalue weighted by Gasteiger charge is -2.14. The molecule has 0 amide bonds. The van der Waals surface area contributed by atoms with E-state index in [2.05, 4.69) is 10.3 Å². The van der Waals surface area contributed by atoms with Crippen LogP contribution < -0.4 is 5.32 Å². The summed E-state index contributed by atoms with van der Waals surface area (Å²) in [5.41, 5.74) is 0.643.